The molecule has 4 N–H and O–H groups in total. The molecule has 0 saturated heterocycles. The van der Waals surface area contributed by atoms with Crippen LogP contribution in [0.25, 0.3) is 0 Å². The SMILES string of the molecule is C=O.O=C(O)CC(C(=O)O)C(CC(=O)O)C(=O)O. The van der Waals surface area contributed by atoms with Gasteiger partial charge in [0.25, 0.3) is 0 Å². The lowest BCUT2D eigenvalue weighted by Gasteiger charge is -2.16. The number of carbonyl (C=O) groups is 5. The van der Waals surface area contributed by atoms with E-state index in [2.05, 4.69) is 0 Å². The molecule has 0 aliphatic carbocycles. The van der Waals surface area contributed by atoms with Crippen molar-refractivity contribution in [3.05, 3.63) is 0 Å². The molecule has 0 heterocycles. The van der Waals surface area contributed by atoms with Crippen molar-refractivity contribution in [2.24, 2.45) is 11.8 Å². The maximum Gasteiger partial charge on any atom is 0.307 e. The Morgan fingerprint density at radius 2 is 0.944 bits per heavy atom. The van der Waals surface area contributed by atoms with Gasteiger partial charge in [0, 0.05) is 0 Å². The fourth-order valence-corrected chi connectivity index (χ4v) is 1.18. The van der Waals surface area contributed by atoms with E-state index < -0.39 is 48.6 Å². The maximum absolute atomic E-state index is 10.6. The van der Waals surface area contributed by atoms with Gasteiger partial charge < -0.3 is 25.2 Å². The lowest BCUT2D eigenvalue weighted by molar-refractivity contribution is -0.160. The Kier molecular flexibility index (Phi) is 8.64. The number of carboxylic acid groups (broad SMARTS) is 4. The number of hydrogen-bond acceptors (Lipinski definition) is 5. The molecule has 2 atom stereocenters. The van der Waals surface area contributed by atoms with E-state index in [0.717, 1.165) is 0 Å². The van der Waals surface area contributed by atoms with Gasteiger partial charge in [-0.15, -0.1) is 0 Å². The molecular weight excluding hydrogens is 252 g/mol. The summed E-state index contributed by atoms with van der Waals surface area (Å²) >= 11 is 0. The molecule has 9 nitrogen and oxygen atoms in total. The van der Waals surface area contributed by atoms with E-state index in [9.17, 15) is 19.2 Å². The number of rotatable bonds is 7. The maximum atomic E-state index is 10.6. The van der Waals surface area contributed by atoms with Crippen LogP contribution in [-0.4, -0.2) is 51.1 Å². The zero-order chi connectivity index (χ0) is 14.9. The Labute approximate surface area is 101 Å². The molecule has 0 saturated carbocycles. The topological polar surface area (TPSA) is 166 Å². The molecule has 0 bridgehead atoms. The van der Waals surface area contributed by atoms with E-state index in [-0.39, 0.29) is 0 Å². The number of carboxylic acids is 4. The van der Waals surface area contributed by atoms with Gasteiger partial charge in [0.2, 0.25) is 0 Å². The first kappa shape index (κ1) is 17.9. The Bertz CT molecular complexity index is 303. The summed E-state index contributed by atoms with van der Waals surface area (Å²) in [6, 6.07) is 0. The first-order valence-corrected chi connectivity index (χ1v) is 4.43. The summed E-state index contributed by atoms with van der Waals surface area (Å²) < 4.78 is 0. The fourth-order valence-electron chi connectivity index (χ4n) is 1.18. The Hall–Kier alpha value is -2.45. The average molecular weight is 264 g/mol. The zero-order valence-electron chi connectivity index (χ0n) is 9.11. The summed E-state index contributed by atoms with van der Waals surface area (Å²) in [4.78, 5) is 49.9. The summed E-state index contributed by atoms with van der Waals surface area (Å²) in [5.74, 6) is -9.79. The molecule has 0 aromatic heterocycles. The number of aliphatic carboxylic acids is 4. The lowest BCUT2D eigenvalue weighted by Crippen LogP contribution is -2.33. The van der Waals surface area contributed by atoms with Crippen molar-refractivity contribution < 1.29 is 44.4 Å². The van der Waals surface area contributed by atoms with Crippen LogP contribution in [0.1, 0.15) is 12.8 Å². The monoisotopic (exact) mass is 264 g/mol. The van der Waals surface area contributed by atoms with Crippen molar-refractivity contribution in [3.8, 4) is 0 Å². The van der Waals surface area contributed by atoms with E-state index in [0.29, 0.717) is 0 Å². The first-order chi connectivity index (χ1) is 8.25. The highest BCUT2D eigenvalue weighted by Crippen LogP contribution is 2.20. The summed E-state index contributed by atoms with van der Waals surface area (Å²) in [7, 11) is 0. The molecule has 2 unspecified atom stereocenters. The largest absolute Gasteiger partial charge is 0.481 e. The van der Waals surface area contributed by atoms with Crippen LogP contribution in [0.3, 0.4) is 0 Å². The standard InChI is InChI=1S/C8H10O8.CH2O/c9-5(10)1-3(7(13)14)4(8(15)16)2-6(11)12;1-2/h3-4H,1-2H2,(H,9,10)(H,11,12)(H,13,14)(H,15,16);1H2. The summed E-state index contributed by atoms with van der Waals surface area (Å²) in [5, 5.41) is 34.1. The third-order valence-electron chi connectivity index (χ3n) is 1.91. The van der Waals surface area contributed by atoms with Crippen molar-refractivity contribution in [1.82, 2.24) is 0 Å². The minimum atomic E-state index is -1.76. The van der Waals surface area contributed by atoms with Crippen molar-refractivity contribution in [1.29, 1.82) is 0 Å². The highest BCUT2D eigenvalue weighted by atomic mass is 16.4. The van der Waals surface area contributed by atoms with Gasteiger partial charge in [-0.2, -0.15) is 0 Å². The smallest absolute Gasteiger partial charge is 0.307 e. The van der Waals surface area contributed by atoms with E-state index in [1.54, 1.807) is 0 Å². The van der Waals surface area contributed by atoms with Crippen molar-refractivity contribution in [2.45, 2.75) is 12.8 Å². The van der Waals surface area contributed by atoms with Gasteiger partial charge >= 0.3 is 23.9 Å². The Balaban J connectivity index is 0. The van der Waals surface area contributed by atoms with E-state index in [4.69, 9.17) is 25.2 Å². The van der Waals surface area contributed by atoms with Crippen molar-refractivity contribution >= 4 is 30.7 Å². The third-order valence-corrected chi connectivity index (χ3v) is 1.91. The average Bonchev–Trinajstić information content (AvgIpc) is 2.24. The molecule has 0 fully saturated rings. The molecule has 0 amide bonds. The molecule has 0 aliphatic rings. The molecule has 0 aromatic carbocycles. The summed E-state index contributed by atoms with van der Waals surface area (Å²) in [6.45, 7) is 2.00. The van der Waals surface area contributed by atoms with Gasteiger partial charge in [0.15, 0.2) is 0 Å². The van der Waals surface area contributed by atoms with E-state index in [1.807, 2.05) is 6.79 Å². The molecule has 0 aromatic rings. The fraction of sp³-hybridized carbons (Fsp3) is 0.444. The molecule has 0 spiro atoms. The highest BCUT2D eigenvalue weighted by Gasteiger charge is 2.36. The van der Waals surface area contributed by atoms with E-state index >= 15 is 0 Å². The van der Waals surface area contributed by atoms with Gasteiger partial charge in [0.05, 0.1) is 24.7 Å². The lowest BCUT2D eigenvalue weighted by atomic mass is 9.87. The Morgan fingerprint density at radius 3 is 1.06 bits per heavy atom. The molecule has 0 rings (SSSR count). The van der Waals surface area contributed by atoms with Crippen LogP contribution < -0.4 is 0 Å². The Morgan fingerprint density at radius 1 is 0.722 bits per heavy atom. The number of hydrogen-bond donors (Lipinski definition) is 4. The summed E-state index contributed by atoms with van der Waals surface area (Å²) in [5.41, 5.74) is 0. The van der Waals surface area contributed by atoms with Gasteiger partial charge in [-0.3, -0.25) is 19.2 Å². The molecule has 102 valence electrons. The second kappa shape index (κ2) is 8.67. The normalized spacial score (nSPS) is 12.4. The van der Waals surface area contributed by atoms with Gasteiger partial charge in [0.1, 0.15) is 6.79 Å². The minimum Gasteiger partial charge on any atom is -0.481 e. The predicted molar refractivity (Wildman–Crippen MR) is 53.9 cm³/mol. The molecule has 0 radical (unpaired) electrons. The zero-order valence-corrected chi connectivity index (χ0v) is 9.11. The number of carbonyl (C=O) groups excluding carboxylic acids is 1. The van der Waals surface area contributed by atoms with Gasteiger partial charge in [-0.25, -0.2) is 0 Å². The van der Waals surface area contributed by atoms with Gasteiger partial charge in [-0.1, -0.05) is 0 Å². The first-order valence-electron chi connectivity index (χ1n) is 4.43. The van der Waals surface area contributed by atoms with Crippen LogP contribution in [0, 0.1) is 11.8 Å². The predicted octanol–water partition coefficient (Wildman–Crippen LogP) is -0.847. The van der Waals surface area contributed by atoms with Crippen molar-refractivity contribution in [3.63, 3.8) is 0 Å². The molecular formula is C9H12O9. The third kappa shape index (κ3) is 6.93. The van der Waals surface area contributed by atoms with Crippen molar-refractivity contribution in [2.75, 3.05) is 0 Å². The van der Waals surface area contributed by atoms with Crippen LogP contribution in [0.5, 0.6) is 0 Å². The van der Waals surface area contributed by atoms with Crippen LogP contribution in [-0.2, 0) is 24.0 Å². The quantitative estimate of drug-likeness (QED) is 0.458. The van der Waals surface area contributed by atoms with Crippen LogP contribution in [0.2, 0.25) is 0 Å². The second-order valence-corrected chi connectivity index (χ2v) is 3.09. The highest BCUT2D eigenvalue weighted by molar-refractivity contribution is 5.86. The van der Waals surface area contributed by atoms with Gasteiger partial charge in [-0.05, 0) is 0 Å². The molecule has 9 heteroatoms. The van der Waals surface area contributed by atoms with Crippen LogP contribution in [0.4, 0.5) is 0 Å². The molecule has 18 heavy (non-hydrogen) atoms. The van der Waals surface area contributed by atoms with E-state index in [1.165, 1.54) is 0 Å². The van der Waals surface area contributed by atoms with Crippen LogP contribution >= 0.6 is 0 Å². The molecule has 0 aliphatic heterocycles. The minimum absolute atomic E-state index is 0.931. The van der Waals surface area contributed by atoms with Crippen LogP contribution in [0.15, 0.2) is 0 Å². The second-order valence-electron chi connectivity index (χ2n) is 3.09. The summed E-state index contributed by atoms with van der Waals surface area (Å²) in [6.07, 6.45) is -1.86.